The molecule has 0 amide bonds. The number of hydrogen-bond acceptors (Lipinski definition) is 6. The van der Waals surface area contributed by atoms with E-state index in [0.717, 1.165) is 11.4 Å². The summed E-state index contributed by atoms with van der Waals surface area (Å²) in [7, 11) is 1.62. The fourth-order valence-electron chi connectivity index (χ4n) is 2.29. The van der Waals surface area contributed by atoms with Crippen molar-refractivity contribution in [2.75, 3.05) is 13.7 Å². The normalized spacial score (nSPS) is 10.9. The third-order valence-electron chi connectivity index (χ3n) is 3.39. The van der Waals surface area contributed by atoms with E-state index in [0.29, 0.717) is 18.7 Å². The summed E-state index contributed by atoms with van der Waals surface area (Å²) in [5.41, 5.74) is 2.38. The summed E-state index contributed by atoms with van der Waals surface area (Å²) in [6.07, 6.45) is 1.18. The number of aryl methyl sites for hydroxylation is 1. The minimum atomic E-state index is -0.697. The molecule has 2 rings (SSSR count). The molecule has 0 saturated heterocycles. The number of ketones is 1. The Hall–Kier alpha value is -2.55. The number of ether oxygens (including phenoxy) is 1. The Morgan fingerprint density at radius 3 is 2.77 bits per heavy atom. The van der Waals surface area contributed by atoms with Gasteiger partial charge in [-0.1, -0.05) is 4.98 Å². The van der Waals surface area contributed by atoms with Crippen LogP contribution < -0.4 is 0 Å². The van der Waals surface area contributed by atoms with Crippen LogP contribution in [0.5, 0.6) is 0 Å². The molecule has 0 atom stereocenters. The minimum Gasteiger partial charge on any atom is -0.390 e. The number of hydrogen-bond donors (Lipinski definition) is 0. The molecule has 0 aliphatic rings. The zero-order chi connectivity index (χ0) is 16.3. The van der Waals surface area contributed by atoms with Gasteiger partial charge in [-0.3, -0.25) is 4.79 Å². The number of Topliss-reactive ketones (excluding diaryl/α,β-unsaturated/α-hetero) is 1. The zero-order valence-electron chi connectivity index (χ0n) is 12.6. The van der Waals surface area contributed by atoms with Gasteiger partial charge >= 0.3 is 5.95 Å². The molecule has 0 saturated carbocycles. The van der Waals surface area contributed by atoms with Crippen LogP contribution in [0.3, 0.4) is 0 Å². The van der Waals surface area contributed by atoms with Gasteiger partial charge < -0.3 is 19.4 Å². The molecular formula is C13H17N5O4. The van der Waals surface area contributed by atoms with E-state index < -0.39 is 10.9 Å². The largest absolute Gasteiger partial charge is 0.490 e. The summed E-state index contributed by atoms with van der Waals surface area (Å²) in [4.78, 5) is 25.7. The van der Waals surface area contributed by atoms with Crippen LogP contribution in [0.1, 0.15) is 21.7 Å². The molecule has 2 aromatic rings. The molecule has 9 nitrogen and oxygen atoms in total. The van der Waals surface area contributed by atoms with E-state index in [1.807, 2.05) is 18.4 Å². The fourth-order valence-corrected chi connectivity index (χ4v) is 2.29. The molecule has 0 N–H and O–H groups in total. The van der Waals surface area contributed by atoms with Crippen LogP contribution in [0.4, 0.5) is 5.95 Å². The average Bonchev–Trinajstić information content (AvgIpc) is 3.03. The molecule has 2 aromatic heterocycles. The number of rotatable bonds is 7. The minimum absolute atomic E-state index is 0.0879. The quantitative estimate of drug-likeness (QED) is 0.431. The van der Waals surface area contributed by atoms with Crippen LogP contribution in [0.2, 0.25) is 0 Å². The van der Waals surface area contributed by atoms with Gasteiger partial charge in [-0.2, -0.15) is 4.68 Å². The lowest BCUT2D eigenvalue weighted by Gasteiger charge is -2.08. The molecular weight excluding hydrogens is 290 g/mol. The van der Waals surface area contributed by atoms with Gasteiger partial charge in [-0.25, -0.2) is 0 Å². The fraction of sp³-hybridized carbons (Fsp3) is 0.462. The first-order valence-corrected chi connectivity index (χ1v) is 6.66. The first-order valence-electron chi connectivity index (χ1n) is 6.66. The smallest absolute Gasteiger partial charge is 0.390 e. The topological polar surface area (TPSA) is 105 Å². The highest BCUT2D eigenvalue weighted by Gasteiger charge is 2.19. The van der Waals surface area contributed by atoms with Crippen molar-refractivity contribution in [1.29, 1.82) is 0 Å². The summed E-state index contributed by atoms with van der Waals surface area (Å²) in [6.45, 7) is 4.91. The second-order valence-corrected chi connectivity index (χ2v) is 4.85. The maximum Gasteiger partial charge on any atom is 0.490 e. The summed E-state index contributed by atoms with van der Waals surface area (Å²) in [6, 6.07) is 1.80. The lowest BCUT2D eigenvalue weighted by Crippen LogP contribution is -2.13. The Morgan fingerprint density at radius 1 is 1.45 bits per heavy atom. The van der Waals surface area contributed by atoms with E-state index in [4.69, 9.17) is 4.74 Å². The van der Waals surface area contributed by atoms with E-state index in [-0.39, 0.29) is 12.3 Å². The number of methoxy groups -OCH3 is 1. The highest BCUT2D eigenvalue weighted by molar-refractivity contribution is 5.97. The van der Waals surface area contributed by atoms with E-state index in [1.54, 1.807) is 13.2 Å². The summed E-state index contributed by atoms with van der Waals surface area (Å²) in [5, 5.41) is 14.2. The van der Waals surface area contributed by atoms with Gasteiger partial charge in [0.25, 0.3) is 0 Å². The van der Waals surface area contributed by atoms with Gasteiger partial charge in [0, 0.05) is 35.7 Å². The maximum atomic E-state index is 12.4. The number of aromatic nitrogens is 4. The molecule has 0 unspecified atom stereocenters. The predicted molar refractivity (Wildman–Crippen MR) is 76.8 cm³/mol. The Balaban J connectivity index is 2.17. The highest BCUT2D eigenvalue weighted by atomic mass is 16.6. The molecule has 0 radical (unpaired) electrons. The van der Waals surface area contributed by atoms with E-state index >= 15 is 0 Å². The van der Waals surface area contributed by atoms with Gasteiger partial charge in [0.2, 0.25) is 6.33 Å². The molecule has 0 bridgehead atoms. The number of nitrogens with zero attached hydrogens (tertiary/aromatic N) is 5. The lowest BCUT2D eigenvalue weighted by molar-refractivity contribution is -0.394. The lowest BCUT2D eigenvalue weighted by atomic mass is 10.1. The molecule has 0 aromatic carbocycles. The zero-order valence-corrected chi connectivity index (χ0v) is 12.6. The van der Waals surface area contributed by atoms with Crippen LogP contribution >= 0.6 is 0 Å². The predicted octanol–water partition coefficient (Wildman–Crippen LogP) is 1.13. The van der Waals surface area contributed by atoms with Gasteiger partial charge in [-0.15, -0.1) is 0 Å². The number of carbonyl (C=O) groups is 1. The van der Waals surface area contributed by atoms with Crippen molar-refractivity contribution in [2.45, 2.75) is 26.9 Å². The summed E-state index contributed by atoms with van der Waals surface area (Å²) < 4.78 is 8.22. The van der Waals surface area contributed by atoms with Crippen LogP contribution in [0, 0.1) is 24.0 Å². The molecule has 0 fully saturated rings. The number of carbonyl (C=O) groups excluding carboxylic acids is 1. The average molecular weight is 307 g/mol. The monoisotopic (exact) mass is 307 g/mol. The van der Waals surface area contributed by atoms with Crippen molar-refractivity contribution in [1.82, 2.24) is 19.3 Å². The van der Waals surface area contributed by atoms with Gasteiger partial charge in [0.1, 0.15) is 6.54 Å². The van der Waals surface area contributed by atoms with E-state index in [2.05, 4.69) is 10.1 Å². The Bertz CT molecular complexity index is 703. The Labute approximate surface area is 126 Å². The second kappa shape index (κ2) is 6.48. The van der Waals surface area contributed by atoms with Crippen LogP contribution in [-0.2, 0) is 17.8 Å². The summed E-state index contributed by atoms with van der Waals surface area (Å²) >= 11 is 0. The molecule has 9 heteroatoms. The third-order valence-corrected chi connectivity index (χ3v) is 3.39. The van der Waals surface area contributed by atoms with Crippen LogP contribution in [0.25, 0.3) is 0 Å². The molecule has 0 aliphatic heterocycles. The maximum absolute atomic E-state index is 12.4. The molecule has 0 spiro atoms. The van der Waals surface area contributed by atoms with Crippen molar-refractivity contribution < 1.29 is 14.5 Å². The summed E-state index contributed by atoms with van der Waals surface area (Å²) in [5.74, 6) is -0.685. The van der Waals surface area contributed by atoms with E-state index in [9.17, 15) is 14.9 Å². The molecule has 0 aliphatic carbocycles. The van der Waals surface area contributed by atoms with Gasteiger partial charge in [0.15, 0.2) is 5.78 Å². The Morgan fingerprint density at radius 2 is 2.18 bits per heavy atom. The van der Waals surface area contributed by atoms with Crippen molar-refractivity contribution in [2.24, 2.45) is 0 Å². The van der Waals surface area contributed by atoms with Crippen molar-refractivity contribution >= 4 is 11.7 Å². The van der Waals surface area contributed by atoms with Crippen LogP contribution in [0.15, 0.2) is 12.4 Å². The van der Waals surface area contributed by atoms with Gasteiger partial charge in [0.05, 0.1) is 6.61 Å². The molecule has 2 heterocycles. The second-order valence-electron chi connectivity index (χ2n) is 4.85. The first kappa shape index (κ1) is 15.8. The molecule has 118 valence electrons. The first-order chi connectivity index (χ1) is 10.4. The standard InChI is InChI=1S/C13H17N5O4/c1-9-6-11(10(2)17(9)4-5-22-3)12(19)7-16-8-14-13(15-16)18(20)21/h6,8H,4-5,7H2,1-3H3. The number of nitro groups is 1. The SMILES string of the molecule is COCCn1c(C)cc(C(=O)Cn2cnc([N+](=O)[O-])n2)c1C. The third kappa shape index (κ3) is 3.19. The highest BCUT2D eigenvalue weighted by Crippen LogP contribution is 2.16. The van der Waals surface area contributed by atoms with Crippen molar-refractivity contribution in [3.63, 3.8) is 0 Å². The molecule has 22 heavy (non-hydrogen) atoms. The van der Waals surface area contributed by atoms with Crippen molar-refractivity contribution in [3.8, 4) is 0 Å². The Kier molecular flexibility index (Phi) is 4.66. The van der Waals surface area contributed by atoms with E-state index in [1.165, 1.54) is 11.0 Å². The van der Waals surface area contributed by atoms with Crippen molar-refractivity contribution in [3.05, 3.63) is 39.5 Å². The van der Waals surface area contributed by atoms with Gasteiger partial charge in [-0.05, 0) is 24.8 Å². The van der Waals surface area contributed by atoms with Crippen LogP contribution in [-0.4, -0.2) is 43.8 Å².